The van der Waals surface area contributed by atoms with Crippen LogP contribution in [0.2, 0.25) is 0 Å². The van der Waals surface area contributed by atoms with E-state index in [4.69, 9.17) is 0 Å². The van der Waals surface area contributed by atoms with E-state index in [0.29, 0.717) is 22.0 Å². The van der Waals surface area contributed by atoms with Gasteiger partial charge in [0.05, 0.1) is 12.0 Å². The first-order chi connectivity index (χ1) is 6.72. The average molecular weight is 211 g/mol. The van der Waals surface area contributed by atoms with E-state index in [9.17, 15) is 9.59 Å². The molecule has 78 valence electrons. The zero-order valence-electron chi connectivity index (χ0n) is 8.94. The average Bonchev–Trinajstić information content (AvgIpc) is 2.23. The summed E-state index contributed by atoms with van der Waals surface area (Å²) in [6.07, 6.45) is 1.78. The first kappa shape index (κ1) is 14.6. The Hall–Kier alpha value is -1.41. The Balaban J connectivity index is 0.00000112. The van der Waals surface area contributed by atoms with Crippen LogP contribution in [0, 0.1) is 6.92 Å². The fourth-order valence-corrected chi connectivity index (χ4v) is 1.36. The number of rotatable bonds is 1. The van der Waals surface area contributed by atoms with E-state index in [1.165, 1.54) is 0 Å². The molecule has 2 N–H and O–H groups in total. The van der Waals surface area contributed by atoms with Crippen molar-refractivity contribution in [3.05, 3.63) is 39.8 Å². The maximum atomic E-state index is 11.3. The van der Waals surface area contributed by atoms with E-state index in [-0.39, 0.29) is 29.9 Å². The number of nitrogens with zero attached hydrogens (tertiary/aromatic N) is 1. The van der Waals surface area contributed by atoms with Crippen LogP contribution in [-0.2, 0) is 4.79 Å². The number of aromatic amines is 1. The summed E-state index contributed by atoms with van der Waals surface area (Å²) >= 11 is 0. The zero-order valence-corrected chi connectivity index (χ0v) is 8.94. The molecule has 1 heterocycles. The molecule has 0 aliphatic rings. The van der Waals surface area contributed by atoms with Crippen LogP contribution in [0.1, 0.15) is 11.3 Å². The zero-order chi connectivity index (χ0) is 10.1. The second-order valence-electron chi connectivity index (χ2n) is 3.00. The van der Waals surface area contributed by atoms with Crippen LogP contribution in [0.4, 0.5) is 0 Å². The minimum atomic E-state index is -0.247. The number of nitrogens with one attached hydrogen (secondary N) is 1. The van der Waals surface area contributed by atoms with Gasteiger partial charge in [-0.2, -0.15) is 22.8 Å². The van der Waals surface area contributed by atoms with E-state index >= 15 is 0 Å². The summed E-state index contributed by atoms with van der Waals surface area (Å²) in [6.45, 7) is 1.77. The molecule has 0 aliphatic carbocycles. The summed E-state index contributed by atoms with van der Waals surface area (Å²) in [4.78, 5) is 21.7. The van der Waals surface area contributed by atoms with Gasteiger partial charge in [-0.15, -0.1) is 6.07 Å². The van der Waals surface area contributed by atoms with Crippen molar-refractivity contribution < 1.29 is 29.1 Å². The Morgan fingerprint density at radius 3 is 2.62 bits per heavy atom. The van der Waals surface area contributed by atoms with Crippen molar-refractivity contribution >= 4 is 17.1 Å². The summed E-state index contributed by atoms with van der Waals surface area (Å²) < 4.78 is 0. The van der Waals surface area contributed by atoms with Crippen molar-refractivity contribution in [2.24, 2.45) is 0 Å². The molecule has 0 spiro atoms. The Labute approximate surface area is 103 Å². The molecular formula is C10H8LiN2O3-. The fourth-order valence-electron chi connectivity index (χ4n) is 1.36. The number of hydrogen-bond acceptors (Lipinski definition) is 4. The normalized spacial score (nSPS) is 9.06. The van der Waals surface area contributed by atoms with Gasteiger partial charge >= 0.3 is 18.9 Å². The van der Waals surface area contributed by atoms with E-state index in [1.54, 1.807) is 31.4 Å². The van der Waals surface area contributed by atoms with E-state index in [0.717, 1.165) is 0 Å². The molecule has 1 aromatic heterocycles. The van der Waals surface area contributed by atoms with Crippen LogP contribution in [0.3, 0.4) is 0 Å². The third-order valence-electron chi connectivity index (χ3n) is 2.10. The third-order valence-corrected chi connectivity index (χ3v) is 2.10. The number of fused-ring (bicyclic) bond motifs is 1. The predicted molar refractivity (Wildman–Crippen MR) is 53.8 cm³/mol. The minimum absolute atomic E-state index is 0. The van der Waals surface area contributed by atoms with Crippen molar-refractivity contribution in [1.82, 2.24) is 10.2 Å². The molecule has 0 amide bonds. The number of hydrogen-bond donors (Lipinski definition) is 1. The molecule has 2 aromatic rings. The van der Waals surface area contributed by atoms with E-state index in [1.807, 2.05) is 0 Å². The third kappa shape index (κ3) is 2.39. The molecule has 16 heavy (non-hydrogen) atoms. The number of H-pyrrole nitrogens is 1. The van der Waals surface area contributed by atoms with Gasteiger partial charge in [0.2, 0.25) is 0 Å². The quantitative estimate of drug-likeness (QED) is 0.417. The summed E-state index contributed by atoms with van der Waals surface area (Å²) in [7, 11) is 0. The smallest absolute Gasteiger partial charge is 0.870 e. The minimum Gasteiger partial charge on any atom is -0.870 e. The first-order valence-corrected chi connectivity index (χ1v) is 4.09. The maximum Gasteiger partial charge on any atom is 1.00 e. The van der Waals surface area contributed by atoms with E-state index < -0.39 is 0 Å². The molecule has 0 saturated heterocycles. The Morgan fingerprint density at radius 1 is 1.31 bits per heavy atom. The van der Waals surface area contributed by atoms with Crippen molar-refractivity contribution in [1.29, 1.82) is 0 Å². The molecule has 0 fully saturated rings. The largest absolute Gasteiger partial charge is 1.00 e. The molecular weight excluding hydrogens is 203 g/mol. The van der Waals surface area contributed by atoms with Gasteiger partial charge in [0.1, 0.15) is 0 Å². The molecule has 6 heteroatoms. The van der Waals surface area contributed by atoms with Crippen LogP contribution >= 0.6 is 0 Å². The van der Waals surface area contributed by atoms with Crippen LogP contribution in [-0.4, -0.2) is 22.0 Å². The monoisotopic (exact) mass is 211 g/mol. The van der Waals surface area contributed by atoms with Crippen LogP contribution in [0.25, 0.3) is 10.8 Å². The molecule has 2 rings (SSSR count). The Morgan fingerprint density at radius 2 is 2.00 bits per heavy atom. The van der Waals surface area contributed by atoms with Gasteiger partial charge in [-0.3, -0.25) is 4.79 Å². The Bertz CT molecular complexity index is 565. The molecule has 0 unspecified atom stereocenters. The van der Waals surface area contributed by atoms with Gasteiger partial charge in [0.25, 0.3) is 5.56 Å². The molecule has 0 bridgehead atoms. The number of carbonyl (C=O) groups excluding carboxylic acids is 1. The summed E-state index contributed by atoms with van der Waals surface area (Å²) in [5.41, 5.74) is 0.868. The Kier molecular flexibility index (Phi) is 5.12. The maximum absolute atomic E-state index is 11.3. The summed E-state index contributed by atoms with van der Waals surface area (Å²) in [5, 5.41) is 7.42. The van der Waals surface area contributed by atoms with Crippen molar-refractivity contribution in [2.45, 2.75) is 6.92 Å². The molecule has 0 atom stereocenters. The summed E-state index contributed by atoms with van der Waals surface area (Å²) in [5.74, 6) is 0. The second kappa shape index (κ2) is 5.61. The van der Waals surface area contributed by atoms with Gasteiger partial charge < -0.3 is 10.3 Å². The number of benzene rings is 1. The predicted octanol–water partition coefficient (Wildman–Crippen LogP) is -2.48. The number of aryl methyl sites for hydroxylation is 1. The first-order valence-electron chi connectivity index (χ1n) is 4.09. The van der Waals surface area contributed by atoms with Crippen molar-refractivity contribution in [3.63, 3.8) is 0 Å². The molecule has 1 aromatic carbocycles. The van der Waals surface area contributed by atoms with Crippen LogP contribution in [0.15, 0.2) is 23.0 Å². The molecule has 0 aliphatic heterocycles. The van der Waals surface area contributed by atoms with Gasteiger partial charge in [-0.25, -0.2) is 5.10 Å². The topological polar surface area (TPSA) is 92.8 Å². The van der Waals surface area contributed by atoms with Crippen molar-refractivity contribution in [3.8, 4) is 0 Å². The van der Waals surface area contributed by atoms with E-state index in [2.05, 4.69) is 10.2 Å². The molecule has 0 radical (unpaired) electrons. The van der Waals surface area contributed by atoms with Gasteiger partial charge in [0.15, 0.2) is 0 Å². The summed E-state index contributed by atoms with van der Waals surface area (Å²) in [6, 6.07) is 4.77. The van der Waals surface area contributed by atoms with Gasteiger partial charge in [-0.1, -0.05) is 0 Å². The van der Waals surface area contributed by atoms with Crippen LogP contribution < -0.4 is 24.4 Å². The number of aromatic nitrogens is 2. The fraction of sp³-hybridized carbons (Fsp3) is 0.100. The SMILES string of the molecule is Cc1n[nH]c(=O)c2ccc([C-]=O)cc12.[Li+].[OH-]. The molecule has 5 nitrogen and oxygen atoms in total. The van der Waals surface area contributed by atoms with Gasteiger partial charge in [0, 0.05) is 5.39 Å². The van der Waals surface area contributed by atoms with Crippen LogP contribution in [0.5, 0.6) is 0 Å². The second-order valence-corrected chi connectivity index (χ2v) is 3.00. The van der Waals surface area contributed by atoms with Crippen molar-refractivity contribution in [2.75, 3.05) is 0 Å². The standard InChI is InChI=1S/C10H7N2O2.Li.H2O/c1-6-9-4-7(5-13)2-3-8(9)10(14)12-11-6;;/h2-4H,1H3,(H,12,14);;1H2/q-1;+1;/p-1. The van der Waals surface area contributed by atoms with Gasteiger partial charge in [-0.05, 0) is 12.3 Å². The molecule has 0 saturated carbocycles.